The third-order valence-corrected chi connectivity index (χ3v) is 5.36. The van der Waals surface area contributed by atoms with Crippen molar-refractivity contribution in [3.8, 4) is 0 Å². The van der Waals surface area contributed by atoms with Crippen molar-refractivity contribution < 1.29 is 4.79 Å². The Bertz CT molecular complexity index is 1090. The Morgan fingerprint density at radius 3 is 2.68 bits per heavy atom. The summed E-state index contributed by atoms with van der Waals surface area (Å²) in [5.74, 6) is 1.74. The van der Waals surface area contributed by atoms with Crippen LogP contribution in [0, 0.1) is 13.8 Å². The van der Waals surface area contributed by atoms with Crippen LogP contribution in [0.3, 0.4) is 0 Å². The van der Waals surface area contributed by atoms with Gasteiger partial charge in [0.05, 0.1) is 16.9 Å². The fourth-order valence-corrected chi connectivity index (χ4v) is 3.60. The average molecular weight is 442 g/mol. The largest absolute Gasteiger partial charge is 0.338 e. The van der Waals surface area contributed by atoms with Crippen molar-refractivity contribution in [2.45, 2.75) is 13.8 Å². The van der Waals surface area contributed by atoms with Gasteiger partial charge in [-0.3, -0.25) is 10.1 Å². The SMILES string of the molecule is Cc1nc(Nc2ncc(C(=O)Nc3c(C)cccc3Cl)n2C)nc(N2CCNCC2)n1. The Morgan fingerprint density at radius 2 is 1.94 bits per heavy atom. The zero-order valence-electron chi connectivity index (χ0n) is 17.6. The average Bonchev–Trinajstić information content (AvgIpc) is 3.11. The number of para-hydroxylation sites is 1. The summed E-state index contributed by atoms with van der Waals surface area (Å²) in [4.78, 5) is 32.6. The van der Waals surface area contributed by atoms with E-state index in [4.69, 9.17) is 11.6 Å². The second-order valence-corrected chi connectivity index (χ2v) is 7.69. The summed E-state index contributed by atoms with van der Waals surface area (Å²) in [7, 11) is 1.75. The van der Waals surface area contributed by atoms with Crippen LogP contribution >= 0.6 is 11.6 Å². The van der Waals surface area contributed by atoms with Crippen LogP contribution < -0.4 is 20.9 Å². The molecule has 1 amide bonds. The van der Waals surface area contributed by atoms with E-state index in [2.05, 4.69) is 40.8 Å². The molecule has 0 saturated carbocycles. The highest BCUT2D eigenvalue weighted by Gasteiger charge is 2.19. The third kappa shape index (κ3) is 4.59. The van der Waals surface area contributed by atoms with Crippen molar-refractivity contribution in [1.82, 2.24) is 29.8 Å². The molecule has 1 aliphatic rings. The molecule has 11 heteroatoms. The quantitative estimate of drug-likeness (QED) is 0.552. The van der Waals surface area contributed by atoms with Gasteiger partial charge in [-0.2, -0.15) is 15.0 Å². The summed E-state index contributed by atoms with van der Waals surface area (Å²) in [6.45, 7) is 7.14. The van der Waals surface area contributed by atoms with Crippen LogP contribution in [0.1, 0.15) is 21.9 Å². The molecule has 10 nitrogen and oxygen atoms in total. The van der Waals surface area contributed by atoms with Crippen molar-refractivity contribution in [3.63, 3.8) is 0 Å². The summed E-state index contributed by atoms with van der Waals surface area (Å²) in [5, 5.41) is 9.75. The zero-order valence-corrected chi connectivity index (χ0v) is 18.4. The number of carbonyl (C=O) groups excluding carboxylic acids is 1. The van der Waals surface area contributed by atoms with Crippen LogP contribution in [-0.2, 0) is 7.05 Å². The molecule has 0 aliphatic carbocycles. The molecule has 4 rings (SSSR count). The molecule has 0 radical (unpaired) electrons. The van der Waals surface area contributed by atoms with Crippen molar-refractivity contribution in [1.29, 1.82) is 0 Å². The van der Waals surface area contributed by atoms with Gasteiger partial charge < -0.3 is 20.1 Å². The highest BCUT2D eigenvalue weighted by Crippen LogP contribution is 2.26. The molecule has 0 bridgehead atoms. The number of hydrogen-bond acceptors (Lipinski definition) is 8. The molecule has 31 heavy (non-hydrogen) atoms. The first kappa shape index (κ1) is 21.0. The molecular weight excluding hydrogens is 418 g/mol. The Kier molecular flexibility index (Phi) is 6.01. The second-order valence-electron chi connectivity index (χ2n) is 7.28. The number of amides is 1. The molecule has 1 saturated heterocycles. The zero-order chi connectivity index (χ0) is 22.0. The number of aryl methyl sites for hydroxylation is 2. The third-order valence-electron chi connectivity index (χ3n) is 5.04. The molecule has 0 unspecified atom stereocenters. The number of anilines is 4. The molecule has 3 N–H and O–H groups in total. The number of hydrogen-bond donors (Lipinski definition) is 3. The molecule has 0 spiro atoms. The van der Waals surface area contributed by atoms with Crippen molar-refractivity contribution in [2.24, 2.45) is 7.05 Å². The molecule has 3 heterocycles. The number of aromatic nitrogens is 5. The number of imidazole rings is 1. The summed E-state index contributed by atoms with van der Waals surface area (Å²) in [5.41, 5.74) is 1.83. The molecule has 162 valence electrons. The molecule has 2 aromatic heterocycles. The highest BCUT2D eigenvalue weighted by atomic mass is 35.5. The number of piperazine rings is 1. The van der Waals surface area contributed by atoms with Crippen molar-refractivity contribution in [3.05, 3.63) is 46.5 Å². The fraction of sp³-hybridized carbons (Fsp3) is 0.350. The van der Waals surface area contributed by atoms with E-state index in [1.807, 2.05) is 26.0 Å². The number of nitrogens with zero attached hydrogens (tertiary/aromatic N) is 6. The fourth-order valence-electron chi connectivity index (χ4n) is 3.33. The molecule has 0 atom stereocenters. The van der Waals surface area contributed by atoms with Gasteiger partial charge in [0.1, 0.15) is 11.5 Å². The Morgan fingerprint density at radius 1 is 1.16 bits per heavy atom. The predicted octanol–water partition coefficient (Wildman–Crippen LogP) is 2.28. The highest BCUT2D eigenvalue weighted by molar-refractivity contribution is 6.34. The lowest BCUT2D eigenvalue weighted by Gasteiger charge is -2.27. The van der Waals surface area contributed by atoms with Gasteiger partial charge in [-0.05, 0) is 25.5 Å². The Labute approximate surface area is 185 Å². The first-order valence-corrected chi connectivity index (χ1v) is 10.3. The number of benzene rings is 1. The standard InChI is InChI=1S/C20H24ClN9O/c1-12-5-4-6-14(21)16(12)26-17(31)15-11-23-19(29(15)3)27-18-24-13(2)25-20(28-18)30-9-7-22-8-10-30/h4-6,11,22H,7-10H2,1-3H3,(H,26,31)(H,23,24,25,27,28). The lowest BCUT2D eigenvalue weighted by Crippen LogP contribution is -2.44. The maximum absolute atomic E-state index is 12.8. The molecule has 1 aliphatic heterocycles. The number of nitrogens with one attached hydrogen (secondary N) is 3. The monoisotopic (exact) mass is 441 g/mol. The number of halogens is 1. The Balaban J connectivity index is 1.53. The smallest absolute Gasteiger partial charge is 0.274 e. The first-order valence-electron chi connectivity index (χ1n) is 9.96. The van der Waals surface area contributed by atoms with E-state index in [-0.39, 0.29) is 5.91 Å². The second kappa shape index (κ2) is 8.86. The summed E-state index contributed by atoms with van der Waals surface area (Å²) < 4.78 is 1.64. The van der Waals surface area contributed by atoms with Gasteiger partial charge in [0.15, 0.2) is 0 Å². The van der Waals surface area contributed by atoms with Gasteiger partial charge in [-0.25, -0.2) is 4.98 Å². The lowest BCUT2D eigenvalue weighted by molar-refractivity contribution is 0.101. The maximum atomic E-state index is 12.8. The van der Waals surface area contributed by atoms with Crippen LogP contribution in [0.5, 0.6) is 0 Å². The van der Waals surface area contributed by atoms with Gasteiger partial charge in [0.25, 0.3) is 5.91 Å². The molecule has 1 fully saturated rings. The van der Waals surface area contributed by atoms with Crippen molar-refractivity contribution >= 4 is 41.0 Å². The predicted molar refractivity (Wildman–Crippen MR) is 120 cm³/mol. The molecule has 3 aromatic rings. The van der Waals surface area contributed by atoms with Crippen molar-refractivity contribution in [2.75, 3.05) is 41.7 Å². The normalized spacial score (nSPS) is 13.9. The van der Waals surface area contributed by atoms with Crippen LogP contribution in [0.15, 0.2) is 24.4 Å². The topological polar surface area (TPSA) is 113 Å². The summed E-state index contributed by atoms with van der Waals surface area (Å²) >= 11 is 6.23. The lowest BCUT2D eigenvalue weighted by atomic mass is 10.2. The van der Waals surface area contributed by atoms with E-state index in [1.54, 1.807) is 17.7 Å². The summed E-state index contributed by atoms with van der Waals surface area (Å²) in [6.07, 6.45) is 1.50. The minimum atomic E-state index is -0.312. The van der Waals surface area contributed by atoms with E-state index in [0.717, 1.165) is 31.7 Å². The minimum absolute atomic E-state index is 0.312. The number of carbonyl (C=O) groups is 1. The van der Waals surface area contributed by atoms with Gasteiger partial charge >= 0.3 is 0 Å². The Hall–Kier alpha value is -3.24. The van der Waals surface area contributed by atoms with Gasteiger partial charge in [-0.15, -0.1) is 0 Å². The maximum Gasteiger partial charge on any atom is 0.274 e. The van der Waals surface area contributed by atoms with Gasteiger partial charge in [-0.1, -0.05) is 23.7 Å². The van der Waals surface area contributed by atoms with Crippen LogP contribution in [0.2, 0.25) is 5.02 Å². The minimum Gasteiger partial charge on any atom is -0.338 e. The van der Waals surface area contributed by atoms with E-state index in [1.165, 1.54) is 6.20 Å². The van der Waals surface area contributed by atoms with E-state index in [0.29, 0.717) is 40.1 Å². The summed E-state index contributed by atoms with van der Waals surface area (Å²) in [6, 6.07) is 5.46. The van der Waals surface area contributed by atoms with Crippen LogP contribution in [0.25, 0.3) is 0 Å². The molecular formula is C20H24ClN9O. The van der Waals surface area contributed by atoms with E-state index >= 15 is 0 Å². The first-order chi connectivity index (χ1) is 14.9. The number of rotatable bonds is 5. The van der Waals surface area contributed by atoms with Crippen LogP contribution in [-0.4, -0.2) is 56.6 Å². The van der Waals surface area contributed by atoms with E-state index < -0.39 is 0 Å². The molecule has 1 aromatic carbocycles. The van der Waals surface area contributed by atoms with Gasteiger partial charge in [0, 0.05) is 33.2 Å². The van der Waals surface area contributed by atoms with Gasteiger partial charge in [0.2, 0.25) is 17.8 Å². The van der Waals surface area contributed by atoms with E-state index in [9.17, 15) is 4.79 Å². The van der Waals surface area contributed by atoms with Crippen LogP contribution in [0.4, 0.5) is 23.5 Å².